The van der Waals surface area contributed by atoms with E-state index in [1.165, 1.54) is 4.90 Å². The van der Waals surface area contributed by atoms with Crippen LogP contribution < -0.4 is 15.5 Å². The van der Waals surface area contributed by atoms with E-state index in [2.05, 4.69) is 15.5 Å². The van der Waals surface area contributed by atoms with Gasteiger partial charge in [0.15, 0.2) is 0 Å². The molecule has 1 aliphatic heterocycles. The van der Waals surface area contributed by atoms with E-state index in [4.69, 9.17) is 16.3 Å². The number of nitrogens with one attached hydrogen (secondary N) is 2. The summed E-state index contributed by atoms with van der Waals surface area (Å²) in [6, 6.07) is 14.2. The Morgan fingerprint density at radius 1 is 1.03 bits per heavy atom. The number of nitrogens with zero attached hydrogens (tertiary/aromatic N) is 2. The van der Waals surface area contributed by atoms with Crippen molar-refractivity contribution < 1.29 is 19.1 Å². The van der Waals surface area contributed by atoms with Gasteiger partial charge in [-0.2, -0.15) is 0 Å². The number of likely N-dealkylation sites (N-methyl/N-ethyl adjacent to an activating group) is 1. The standard InChI is InChI=1S/C24H29ClN4O4/c1-28(23(31)3-2-12-26-24(32)18-4-6-19(25)7-5-18)17-22(30)27-20-8-10-21(11-9-20)29-13-15-33-16-14-29/h4-11H,2-3,12-17H2,1H3,(H,26,32)(H,27,30). The van der Waals surface area contributed by atoms with Gasteiger partial charge in [-0.15, -0.1) is 0 Å². The largest absolute Gasteiger partial charge is 0.378 e. The minimum atomic E-state index is -0.263. The third-order valence-corrected chi connectivity index (χ3v) is 5.55. The molecule has 0 bridgehead atoms. The summed E-state index contributed by atoms with van der Waals surface area (Å²) in [5, 5.41) is 6.16. The molecule has 3 rings (SSSR count). The molecule has 2 aromatic carbocycles. The van der Waals surface area contributed by atoms with Crippen molar-refractivity contribution in [3.63, 3.8) is 0 Å². The van der Waals surface area contributed by atoms with Crippen molar-refractivity contribution in [2.75, 3.05) is 56.7 Å². The Hall–Kier alpha value is -3.10. The van der Waals surface area contributed by atoms with Crippen molar-refractivity contribution in [2.24, 2.45) is 0 Å². The predicted octanol–water partition coefficient (Wildman–Crippen LogP) is 2.78. The van der Waals surface area contributed by atoms with Crippen molar-refractivity contribution in [1.82, 2.24) is 10.2 Å². The fourth-order valence-electron chi connectivity index (χ4n) is 3.42. The molecular weight excluding hydrogens is 444 g/mol. The van der Waals surface area contributed by atoms with Crippen LogP contribution in [0.1, 0.15) is 23.2 Å². The molecule has 0 saturated carbocycles. The molecule has 0 aliphatic carbocycles. The summed E-state index contributed by atoms with van der Waals surface area (Å²) in [6.07, 6.45) is 0.714. The van der Waals surface area contributed by atoms with Crippen molar-refractivity contribution in [3.8, 4) is 0 Å². The van der Waals surface area contributed by atoms with Crippen LogP contribution in [0.4, 0.5) is 11.4 Å². The number of amides is 3. The van der Waals surface area contributed by atoms with Gasteiger partial charge in [0, 0.05) is 55.1 Å². The number of morpholine rings is 1. The molecule has 0 unspecified atom stereocenters. The fourth-order valence-corrected chi connectivity index (χ4v) is 3.54. The van der Waals surface area contributed by atoms with Gasteiger partial charge in [0.25, 0.3) is 5.91 Å². The first kappa shape index (κ1) is 24.5. The van der Waals surface area contributed by atoms with Gasteiger partial charge >= 0.3 is 0 Å². The second kappa shape index (κ2) is 12.2. The molecule has 33 heavy (non-hydrogen) atoms. The first-order valence-electron chi connectivity index (χ1n) is 10.9. The summed E-state index contributed by atoms with van der Waals surface area (Å²) >= 11 is 5.82. The topological polar surface area (TPSA) is 91.0 Å². The smallest absolute Gasteiger partial charge is 0.251 e. The maximum Gasteiger partial charge on any atom is 0.251 e. The molecule has 0 atom stereocenters. The highest BCUT2D eigenvalue weighted by Gasteiger charge is 2.14. The minimum absolute atomic E-state index is 0.0405. The van der Waals surface area contributed by atoms with E-state index in [-0.39, 0.29) is 30.7 Å². The number of rotatable bonds is 9. The molecule has 3 amide bonds. The maximum atomic E-state index is 12.3. The Balaban J connectivity index is 1.35. The van der Waals surface area contributed by atoms with Crippen LogP contribution in [0, 0.1) is 0 Å². The highest BCUT2D eigenvalue weighted by Crippen LogP contribution is 2.19. The van der Waals surface area contributed by atoms with Gasteiger partial charge in [0.2, 0.25) is 11.8 Å². The third-order valence-electron chi connectivity index (χ3n) is 5.29. The molecule has 8 nitrogen and oxygen atoms in total. The predicted molar refractivity (Wildman–Crippen MR) is 129 cm³/mol. The van der Waals surface area contributed by atoms with Crippen LogP contribution in [0.2, 0.25) is 5.02 Å². The van der Waals surface area contributed by atoms with E-state index < -0.39 is 0 Å². The minimum Gasteiger partial charge on any atom is -0.378 e. The van der Waals surface area contributed by atoms with E-state index >= 15 is 0 Å². The van der Waals surface area contributed by atoms with Crippen molar-refractivity contribution in [1.29, 1.82) is 0 Å². The molecule has 0 spiro atoms. The zero-order valence-corrected chi connectivity index (χ0v) is 19.4. The highest BCUT2D eigenvalue weighted by atomic mass is 35.5. The lowest BCUT2D eigenvalue weighted by Crippen LogP contribution is -2.36. The second-order valence-electron chi connectivity index (χ2n) is 7.81. The number of halogens is 1. The van der Waals surface area contributed by atoms with Gasteiger partial charge in [0.1, 0.15) is 0 Å². The van der Waals surface area contributed by atoms with Crippen molar-refractivity contribution in [3.05, 3.63) is 59.1 Å². The summed E-state index contributed by atoms with van der Waals surface area (Å²) in [4.78, 5) is 40.3. The monoisotopic (exact) mass is 472 g/mol. The molecule has 1 fully saturated rings. The van der Waals surface area contributed by atoms with E-state index in [0.717, 1.165) is 18.8 Å². The number of benzene rings is 2. The number of carbonyl (C=O) groups excluding carboxylic acids is 3. The van der Waals surface area contributed by atoms with E-state index in [1.54, 1.807) is 31.3 Å². The van der Waals surface area contributed by atoms with E-state index in [0.29, 0.717) is 42.5 Å². The highest BCUT2D eigenvalue weighted by molar-refractivity contribution is 6.30. The lowest BCUT2D eigenvalue weighted by atomic mass is 10.2. The van der Waals surface area contributed by atoms with Gasteiger partial charge < -0.3 is 25.2 Å². The van der Waals surface area contributed by atoms with Gasteiger partial charge in [-0.25, -0.2) is 0 Å². The SMILES string of the molecule is CN(CC(=O)Nc1ccc(N2CCOCC2)cc1)C(=O)CCCNC(=O)c1ccc(Cl)cc1. The molecule has 0 aromatic heterocycles. The van der Waals surface area contributed by atoms with Crippen molar-refractivity contribution in [2.45, 2.75) is 12.8 Å². The Labute approximate surface area is 198 Å². The Bertz CT molecular complexity index is 944. The summed E-state index contributed by atoms with van der Waals surface area (Å²) in [6.45, 7) is 3.46. The normalized spacial score (nSPS) is 13.3. The van der Waals surface area contributed by atoms with Crippen LogP contribution in [0.25, 0.3) is 0 Å². The van der Waals surface area contributed by atoms with Crippen molar-refractivity contribution >= 4 is 40.7 Å². The van der Waals surface area contributed by atoms with Gasteiger partial charge in [-0.3, -0.25) is 14.4 Å². The first-order valence-corrected chi connectivity index (χ1v) is 11.3. The Kier molecular flexibility index (Phi) is 9.09. The molecule has 1 saturated heterocycles. The quantitative estimate of drug-likeness (QED) is 0.548. The maximum absolute atomic E-state index is 12.3. The number of hydrogen-bond donors (Lipinski definition) is 2. The van der Waals surface area contributed by atoms with Crippen LogP contribution in [0.3, 0.4) is 0 Å². The number of hydrogen-bond acceptors (Lipinski definition) is 5. The average Bonchev–Trinajstić information content (AvgIpc) is 2.83. The van der Waals surface area contributed by atoms with E-state index in [9.17, 15) is 14.4 Å². The summed E-state index contributed by atoms with van der Waals surface area (Å²) < 4.78 is 5.36. The van der Waals surface area contributed by atoms with Crippen LogP contribution in [0.5, 0.6) is 0 Å². The number of carbonyl (C=O) groups is 3. The number of ether oxygens (including phenoxy) is 1. The van der Waals surface area contributed by atoms with Gasteiger partial charge in [-0.05, 0) is 55.0 Å². The summed E-state index contributed by atoms with van der Waals surface area (Å²) in [5.41, 5.74) is 2.28. The molecular formula is C24H29ClN4O4. The lowest BCUT2D eigenvalue weighted by Gasteiger charge is -2.28. The van der Waals surface area contributed by atoms with Gasteiger partial charge in [-0.1, -0.05) is 11.6 Å². The molecule has 9 heteroatoms. The molecule has 176 valence electrons. The zero-order chi connectivity index (χ0) is 23.6. The molecule has 2 N–H and O–H groups in total. The van der Waals surface area contributed by atoms with Crippen LogP contribution in [-0.2, 0) is 14.3 Å². The van der Waals surface area contributed by atoms with Crippen LogP contribution in [0.15, 0.2) is 48.5 Å². The van der Waals surface area contributed by atoms with E-state index in [1.807, 2.05) is 24.3 Å². The fraction of sp³-hybridized carbons (Fsp3) is 0.375. The number of anilines is 2. The molecule has 2 aromatic rings. The Morgan fingerprint density at radius 3 is 2.36 bits per heavy atom. The van der Waals surface area contributed by atoms with Crippen LogP contribution in [-0.4, -0.2) is 69.1 Å². The molecule has 1 heterocycles. The summed E-state index contributed by atoms with van der Waals surface area (Å²) in [5.74, 6) is -0.638. The van der Waals surface area contributed by atoms with Crippen LogP contribution >= 0.6 is 11.6 Å². The lowest BCUT2D eigenvalue weighted by molar-refractivity contribution is -0.133. The molecule has 0 radical (unpaired) electrons. The zero-order valence-electron chi connectivity index (χ0n) is 18.7. The van der Waals surface area contributed by atoms with Gasteiger partial charge in [0.05, 0.1) is 19.8 Å². The summed E-state index contributed by atoms with van der Waals surface area (Å²) in [7, 11) is 1.59. The average molecular weight is 473 g/mol. The third kappa shape index (κ3) is 7.76. The second-order valence-corrected chi connectivity index (χ2v) is 8.25. The Morgan fingerprint density at radius 2 is 1.70 bits per heavy atom. The first-order chi connectivity index (χ1) is 15.9. The molecule has 1 aliphatic rings.